The Kier molecular flexibility index (Phi) is 4.32. The van der Waals surface area contributed by atoms with Gasteiger partial charge in [-0.2, -0.15) is 4.98 Å². The Balaban J connectivity index is 2.01. The molecular formula is C15H14ClF2N3O2. The predicted octanol–water partition coefficient (Wildman–Crippen LogP) is 2.73. The van der Waals surface area contributed by atoms with Crippen LogP contribution in [-0.2, 0) is 0 Å². The summed E-state index contributed by atoms with van der Waals surface area (Å²) in [7, 11) is 1.43. The first kappa shape index (κ1) is 15.9. The van der Waals surface area contributed by atoms with Crippen molar-refractivity contribution in [2.24, 2.45) is 0 Å². The zero-order chi connectivity index (χ0) is 16.6. The Morgan fingerprint density at radius 3 is 2.83 bits per heavy atom. The van der Waals surface area contributed by atoms with E-state index in [-0.39, 0.29) is 23.6 Å². The number of aliphatic hydroxyl groups excluding tert-OH is 1. The van der Waals surface area contributed by atoms with Gasteiger partial charge in [0.25, 0.3) is 0 Å². The van der Waals surface area contributed by atoms with Crippen LogP contribution >= 0.6 is 11.6 Å². The quantitative estimate of drug-likeness (QED) is 0.930. The van der Waals surface area contributed by atoms with Gasteiger partial charge in [-0.1, -0.05) is 17.7 Å². The van der Waals surface area contributed by atoms with Crippen molar-refractivity contribution in [2.45, 2.75) is 18.6 Å². The number of halogens is 3. The monoisotopic (exact) mass is 341 g/mol. The fraction of sp³-hybridized carbons (Fsp3) is 0.333. The zero-order valence-electron chi connectivity index (χ0n) is 12.2. The van der Waals surface area contributed by atoms with Gasteiger partial charge in [0.05, 0.1) is 25.5 Å². The van der Waals surface area contributed by atoms with Crippen LogP contribution in [0, 0.1) is 11.6 Å². The minimum atomic E-state index is -0.935. The highest BCUT2D eigenvalue weighted by molar-refractivity contribution is 6.32. The van der Waals surface area contributed by atoms with Crippen LogP contribution in [0.3, 0.4) is 0 Å². The minimum absolute atomic E-state index is 0.134. The minimum Gasteiger partial charge on any atom is -0.467 e. The molecule has 23 heavy (non-hydrogen) atoms. The van der Waals surface area contributed by atoms with Gasteiger partial charge in [-0.05, 0) is 24.1 Å². The number of hydrogen-bond donors (Lipinski definition) is 1. The second kappa shape index (κ2) is 6.25. The Labute approximate surface area is 136 Å². The third-order valence-electron chi connectivity index (χ3n) is 3.77. The van der Waals surface area contributed by atoms with Crippen LogP contribution < -0.4 is 9.64 Å². The van der Waals surface area contributed by atoms with Crippen LogP contribution in [-0.4, -0.2) is 34.8 Å². The summed E-state index contributed by atoms with van der Waals surface area (Å²) in [5, 5.41) is 10.3. The molecule has 0 aliphatic carbocycles. The number of β-amino-alcohol motifs (C(OH)–C–C–N with tert-alkyl or cyclic N) is 1. The van der Waals surface area contributed by atoms with Gasteiger partial charge in [0.15, 0.2) is 17.5 Å². The van der Waals surface area contributed by atoms with E-state index in [0.717, 1.165) is 12.1 Å². The van der Waals surface area contributed by atoms with Gasteiger partial charge in [0, 0.05) is 6.54 Å². The van der Waals surface area contributed by atoms with E-state index in [1.165, 1.54) is 19.4 Å². The van der Waals surface area contributed by atoms with Crippen LogP contribution in [0.2, 0.25) is 5.02 Å². The molecule has 0 amide bonds. The van der Waals surface area contributed by atoms with E-state index in [4.69, 9.17) is 16.3 Å². The second-order valence-electron chi connectivity index (χ2n) is 5.26. The summed E-state index contributed by atoms with van der Waals surface area (Å²) in [6.07, 6.45) is 1.12. The number of nitrogens with zero attached hydrogens (tertiary/aromatic N) is 3. The lowest BCUT2D eigenvalue weighted by molar-refractivity contribution is 0.194. The van der Waals surface area contributed by atoms with Crippen molar-refractivity contribution in [2.75, 3.05) is 18.6 Å². The van der Waals surface area contributed by atoms with Gasteiger partial charge in [-0.15, -0.1) is 0 Å². The molecule has 1 aromatic heterocycles. The van der Waals surface area contributed by atoms with E-state index in [1.807, 2.05) is 0 Å². The average molecular weight is 342 g/mol. The Morgan fingerprint density at radius 2 is 2.13 bits per heavy atom. The summed E-state index contributed by atoms with van der Waals surface area (Å²) < 4.78 is 31.7. The molecule has 5 nitrogen and oxygen atoms in total. The van der Waals surface area contributed by atoms with Gasteiger partial charge in [-0.3, -0.25) is 0 Å². The van der Waals surface area contributed by atoms with Crippen molar-refractivity contribution in [3.8, 4) is 6.01 Å². The summed E-state index contributed by atoms with van der Waals surface area (Å²) in [5.41, 5.74) is 0.536. The summed E-state index contributed by atoms with van der Waals surface area (Å²) in [4.78, 5) is 9.85. The first-order chi connectivity index (χ1) is 11.0. The molecule has 2 atom stereocenters. The molecule has 3 rings (SSSR count). The number of anilines is 1. The molecule has 8 heteroatoms. The van der Waals surface area contributed by atoms with Crippen molar-refractivity contribution >= 4 is 17.4 Å². The van der Waals surface area contributed by atoms with Gasteiger partial charge in [0.2, 0.25) is 0 Å². The summed E-state index contributed by atoms with van der Waals surface area (Å²) in [5.74, 6) is -1.47. The molecule has 1 N–H and O–H groups in total. The van der Waals surface area contributed by atoms with E-state index in [9.17, 15) is 13.9 Å². The molecule has 1 fully saturated rings. The lowest BCUT2D eigenvalue weighted by Gasteiger charge is -2.26. The molecule has 0 bridgehead atoms. The van der Waals surface area contributed by atoms with Crippen molar-refractivity contribution in [3.63, 3.8) is 0 Å². The van der Waals surface area contributed by atoms with Crippen LogP contribution in [0.5, 0.6) is 6.01 Å². The number of aromatic nitrogens is 2. The Bertz CT molecular complexity index is 732. The number of aliphatic hydroxyl groups is 1. The van der Waals surface area contributed by atoms with Gasteiger partial charge < -0.3 is 14.7 Å². The Morgan fingerprint density at radius 1 is 1.35 bits per heavy atom. The molecule has 1 aliphatic heterocycles. The van der Waals surface area contributed by atoms with Crippen molar-refractivity contribution in [3.05, 3.63) is 46.6 Å². The number of ether oxygens (including phenoxy) is 1. The van der Waals surface area contributed by atoms with Crippen LogP contribution in [0.15, 0.2) is 24.4 Å². The van der Waals surface area contributed by atoms with Crippen molar-refractivity contribution in [1.29, 1.82) is 0 Å². The van der Waals surface area contributed by atoms with Gasteiger partial charge in [-0.25, -0.2) is 13.8 Å². The molecule has 0 unspecified atom stereocenters. The Hall–Kier alpha value is -1.99. The van der Waals surface area contributed by atoms with Crippen LogP contribution in [0.25, 0.3) is 0 Å². The summed E-state index contributed by atoms with van der Waals surface area (Å²) in [6.45, 7) is 0.267. The lowest BCUT2D eigenvalue weighted by atomic mass is 10.0. The largest absolute Gasteiger partial charge is 0.467 e. The second-order valence-corrected chi connectivity index (χ2v) is 5.67. The van der Waals surface area contributed by atoms with Crippen LogP contribution in [0.1, 0.15) is 18.0 Å². The van der Waals surface area contributed by atoms with E-state index < -0.39 is 17.7 Å². The van der Waals surface area contributed by atoms with E-state index in [1.54, 1.807) is 4.90 Å². The molecule has 2 heterocycles. The summed E-state index contributed by atoms with van der Waals surface area (Å²) >= 11 is 6.15. The fourth-order valence-corrected chi connectivity index (χ4v) is 2.93. The standard InChI is InChI=1S/C15H14ClF2N3O2/c1-23-15-19-6-10(16)14(20-15)21-7-9(22)5-13(21)8-2-3-11(17)12(18)4-8/h2-4,6,9,13,22H,5,7H2,1H3/t9-,13-/m1/s1. The first-order valence-electron chi connectivity index (χ1n) is 6.95. The maximum Gasteiger partial charge on any atom is 0.318 e. The highest BCUT2D eigenvalue weighted by Gasteiger charge is 2.34. The zero-order valence-corrected chi connectivity index (χ0v) is 13.0. The number of hydrogen-bond acceptors (Lipinski definition) is 5. The number of methoxy groups -OCH3 is 1. The van der Waals surface area contributed by atoms with Gasteiger partial charge in [0.1, 0.15) is 5.02 Å². The van der Waals surface area contributed by atoms with Crippen molar-refractivity contribution in [1.82, 2.24) is 9.97 Å². The van der Waals surface area contributed by atoms with Crippen molar-refractivity contribution < 1.29 is 18.6 Å². The van der Waals surface area contributed by atoms with E-state index in [0.29, 0.717) is 17.8 Å². The molecule has 1 saturated heterocycles. The van der Waals surface area contributed by atoms with Gasteiger partial charge >= 0.3 is 6.01 Å². The molecular weight excluding hydrogens is 328 g/mol. The third-order valence-corrected chi connectivity index (χ3v) is 4.03. The maximum atomic E-state index is 13.5. The number of benzene rings is 1. The normalized spacial score (nSPS) is 20.8. The number of rotatable bonds is 3. The molecule has 0 spiro atoms. The highest BCUT2D eigenvalue weighted by atomic mass is 35.5. The SMILES string of the molecule is COc1ncc(Cl)c(N2C[C@H](O)C[C@@H]2c2ccc(F)c(F)c2)n1. The lowest BCUT2D eigenvalue weighted by Crippen LogP contribution is -2.26. The predicted molar refractivity (Wildman–Crippen MR) is 80.7 cm³/mol. The molecule has 2 aromatic rings. The third kappa shape index (κ3) is 3.07. The first-order valence-corrected chi connectivity index (χ1v) is 7.33. The molecule has 1 aromatic carbocycles. The fourth-order valence-electron chi connectivity index (χ4n) is 2.73. The topological polar surface area (TPSA) is 58.5 Å². The average Bonchev–Trinajstić information content (AvgIpc) is 2.92. The van der Waals surface area contributed by atoms with E-state index >= 15 is 0 Å². The molecule has 0 radical (unpaired) electrons. The highest BCUT2D eigenvalue weighted by Crippen LogP contribution is 2.39. The molecule has 0 saturated carbocycles. The van der Waals surface area contributed by atoms with Crippen LogP contribution in [0.4, 0.5) is 14.6 Å². The maximum absolute atomic E-state index is 13.5. The summed E-state index contributed by atoms with van der Waals surface area (Å²) in [6, 6.07) is 3.43. The van der Waals surface area contributed by atoms with E-state index in [2.05, 4.69) is 9.97 Å². The molecule has 122 valence electrons. The smallest absolute Gasteiger partial charge is 0.318 e. The molecule has 1 aliphatic rings.